The lowest BCUT2D eigenvalue weighted by atomic mass is 9.98. The molecule has 1 aliphatic rings. The van der Waals surface area contributed by atoms with E-state index < -0.39 is 30.4 Å². The first kappa shape index (κ1) is 34.2. The molecule has 4 aromatic rings. The Labute approximate surface area is 282 Å². The predicted molar refractivity (Wildman–Crippen MR) is 181 cm³/mol. The summed E-state index contributed by atoms with van der Waals surface area (Å²) < 4.78 is 10.6. The van der Waals surface area contributed by atoms with E-state index in [-0.39, 0.29) is 28.4 Å². The van der Waals surface area contributed by atoms with Gasteiger partial charge in [0.25, 0.3) is 0 Å². The standard InChI is InChI=1S/C37H33N3O9/c1-21-34(39-49-37(21)45)26-8-14-31(15-9-26)40(30-12-6-25(7-13-30)22(2)38-48-24(4)43)32-16-10-27(11-17-32)35(44)28-18-29(20-41)36(47-23(3)42)33(19-28)46-5/h6-19,21,41H,20H2,1-5H3/b38-22+. The summed E-state index contributed by atoms with van der Waals surface area (Å²) in [4.78, 5) is 59.9. The van der Waals surface area contributed by atoms with Crippen molar-refractivity contribution < 1.29 is 43.4 Å². The Hall–Kier alpha value is -6.14. The quantitative estimate of drug-likeness (QED) is 0.0505. The monoisotopic (exact) mass is 663 g/mol. The van der Waals surface area contributed by atoms with Crippen LogP contribution in [0.5, 0.6) is 11.5 Å². The van der Waals surface area contributed by atoms with E-state index >= 15 is 0 Å². The van der Waals surface area contributed by atoms with Crippen LogP contribution in [0, 0.1) is 5.92 Å². The lowest BCUT2D eigenvalue weighted by Crippen LogP contribution is -2.15. The second kappa shape index (κ2) is 14.7. The van der Waals surface area contributed by atoms with Gasteiger partial charge in [0.1, 0.15) is 11.6 Å². The van der Waals surface area contributed by atoms with Gasteiger partial charge in [0.2, 0.25) is 0 Å². The van der Waals surface area contributed by atoms with Crippen molar-refractivity contribution in [2.75, 3.05) is 12.0 Å². The van der Waals surface area contributed by atoms with Gasteiger partial charge in [-0.25, -0.2) is 9.59 Å². The highest BCUT2D eigenvalue weighted by atomic mass is 16.7. The summed E-state index contributed by atoms with van der Waals surface area (Å²) in [5.74, 6) is -2.14. The molecule has 0 aromatic heterocycles. The van der Waals surface area contributed by atoms with E-state index in [1.165, 1.54) is 33.1 Å². The van der Waals surface area contributed by atoms with Gasteiger partial charge in [-0.15, -0.1) is 0 Å². The molecule has 1 heterocycles. The second-order valence-corrected chi connectivity index (χ2v) is 11.1. The van der Waals surface area contributed by atoms with Crippen LogP contribution in [0.3, 0.4) is 0 Å². The van der Waals surface area contributed by atoms with E-state index in [0.717, 1.165) is 28.2 Å². The lowest BCUT2D eigenvalue weighted by Gasteiger charge is -2.26. The van der Waals surface area contributed by atoms with Gasteiger partial charge in [0.15, 0.2) is 17.3 Å². The first-order chi connectivity index (χ1) is 23.5. The average Bonchev–Trinajstić information content (AvgIpc) is 3.44. The molecule has 12 nitrogen and oxygen atoms in total. The number of ether oxygens (including phenoxy) is 2. The van der Waals surface area contributed by atoms with E-state index in [9.17, 15) is 24.3 Å². The summed E-state index contributed by atoms with van der Waals surface area (Å²) >= 11 is 0. The summed E-state index contributed by atoms with van der Waals surface area (Å²) in [6.45, 7) is 5.50. The van der Waals surface area contributed by atoms with E-state index in [1.54, 1.807) is 38.1 Å². The fourth-order valence-electron chi connectivity index (χ4n) is 5.18. The summed E-state index contributed by atoms with van der Waals surface area (Å²) in [7, 11) is 1.38. The smallest absolute Gasteiger partial charge is 0.343 e. The van der Waals surface area contributed by atoms with Gasteiger partial charge in [-0.05, 0) is 80.1 Å². The molecule has 0 fully saturated rings. The number of hydrogen-bond donors (Lipinski definition) is 1. The third-order valence-electron chi connectivity index (χ3n) is 7.69. The predicted octanol–water partition coefficient (Wildman–Crippen LogP) is 6.00. The molecule has 0 spiro atoms. The van der Waals surface area contributed by atoms with Crippen LogP contribution in [0.15, 0.2) is 95.2 Å². The molecule has 1 unspecified atom stereocenters. The highest BCUT2D eigenvalue weighted by molar-refractivity contribution is 6.14. The topological polar surface area (TPSA) is 153 Å². The molecule has 12 heteroatoms. The molecule has 4 aromatic carbocycles. The number of nitrogens with zero attached hydrogens (tertiary/aromatic N) is 3. The molecule has 0 bridgehead atoms. The minimum Gasteiger partial charge on any atom is -0.493 e. The first-order valence-corrected chi connectivity index (χ1v) is 15.2. The number of aliphatic hydroxyl groups excluding tert-OH is 1. The van der Waals surface area contributed by atoms with Gasteiger partial charge in [-0.1, -0.05) is 34.6 Å². The molecule has 0 saturated carbocycles. The number of carbonyl (C=O) groups excluding carboxylic acids is 4. The van der Waals surface area contributed by atoms with Crippen molar-refractivity contribution in [3.8, 4) is 11.5 Å². The van der Waals surface area contributed by atoms with Crippen molar-refractivity contribution in [1.29, 1.82) is 0 Å². The minimum absolute atomic E-state index is 0.0542. The molecule has 0 radical (unpaired) electrons. The number of esters is 1. The molecule has 0 aliphatic carbocycles. The summed E-state index contributed by atoms with van der Waals surface area (Å²) in [6.07, 6.45) is 0. The summed E-state index contributed by atoms with van der Waals surface area (Å²) in [5.41, 5.74) is 5.67. The zero-order valence-corrected chi connectivity index (χ0v) is 27.4. The van der Waals surface area contributed by atoms with Crippen LogP contribution < -0.4 is 14.4 Å². The molecule has 250 valence electrons. The molecule has 0 saturated heterocycles. The normalized spacial score (nSPS) is 14.1. The van der Waals surface area contributed by atoms with Crippen molar-refractivity contribution in [2.45, 2.75) is 34.3 Å². The van der Waals surface area contributed by atoms with Crippen molar-refractivity contribution in [1.82, 2.24) is 0 Å². The maximum absolute atomic E-state index is 13.6. The van der Waals surface area contributed by atoms with Gasteiger partial charge in [-0.3, -0.25) is 9.59 Å². The van der Waals surface area contributed by atoms with Gasteiger partial charge in [0.05, 0.1) is 19.4 Å². The zero-order chi connectivity index (χ0) is 35.2. The first-order valence-electron chi connectivity index (χ1n) is 15.2. The highest BCUT2D eigenvalue weighted by Gasteiger charge is 2.29. The zero-order valence-electron chi connectivity index (χ0n) is 27.4. The molecule has 5 rings (SSSR count). The minimum atomic E-state index is -0.590. The number of hydrogen-bond acceptors (Lipinski definition) is 12. The Morgan fingerprint density at radius 2 is 1.41 bits per heavy atom. The van der Waals surface area contributed by atoms with Crippen LogP contribution in [0.4, 0.5) is 17.1 Å². The van der Waals surface area contributed by atoms with Crippen molar-refractivity contribution in [2.24, 2.45) is 16.2 Å². The Morgan fingerprint density at radius 3 is 1.90 bits per heavy atom. The van der Waals surface area contributed by atoms with Gasteiger partial charge < -0.3 is 29.2 Å². The number of anilines is 3. The van der Waals surface area contributed by atoms with Crippen LogP contribution in [-0.2, 0) is 30.7 Å². The second-order valence-electron chi connectivity index (χ2n) is 11.1. The number of methoxy groups -OCH3 is 1. The fraction of sp³-hybridized carbons (Fsp3) is 0.189. The number of benzene rings is 4. The van der Waals surface area contributed by atoms with Crippen molar-refractivity contribution >= 4 is 52.2 Å². The molecule has 49 heavy (non-hydrogen) atoms. The molecular weight excluding hydrogens is 630 g/mol. The SMILES string of the molecule is COc1cc(C(=O)c2ccc(N(c3ccc(C4=NOC(=O)C4C)cc3)c3ccc(/C(C)=N/OC(C)=O)cc3)cc2)cc(CO)c1OC(C)=O. The molecule has 1 aliphatic heterocycles. The maximum atomic E-state index is 13.6. The Kier molecular flexibility index (Phi) is 10.3. The number of ketones is 1. The number of oxime groups is 2. The van der Waals surface area contributed by atoms with Gasteiger partial charge in [0, 0.05) is 53.2 Å². The highest BCUT2D eigenvalue weighted by Crippen LogP contribution is 2.37. The van der Waals surface area contributed by atoms with E-state index in [2.05, 4.69) is 10.3 Å². The molecule has 1 N–H and O–H groups in total. The number of rotatable bonds is 11. The van der Waals surface area contributed by atoms with Crippen LogP contribution in [0.2, 0.25) is 0 Å². The van der Waals surface area contributed by atoms with Crippen LogP contribution in [0.1, 0.15) is 60.3 Å². The summed E-state index contributed by atoms with van der Waals surface area (Å²) in [5, 5.41) is 17.7. The maximum Gasteiger partial charge on any atom is 0.343 e. The van der Waals surface area contributed by atoms with Crippen LogP contribution in [-0.4, -0.2) is 47.3 Å². The fourth-order valence-corrected chi connectivity index (χ4v) is 5.18. The number of carbonyl (C=O) groups is 4. The Balaban J connectivity index is 1.50. The molecular formula is C37H33N3O9. The third-order valence-corrected chi connectivity index (χ3v) is 7.69. The lowest BCUT2D eigenvalue weighted by molar-refractivity contribution is -0.143. The Morgan fingerprint density at radius 1 is 0.837 bits per heavy atom. The van der Waals surface area contributed by atoms with E-state index in [0.29, 0.717) is 17.0 Å². The molecule has 1 atom stereocenters. The largest absolute Gasteiger partial charge is 0.493 e. The summed E-state index contributed by atoms with van der Waals surface area (Å²) in [6, 6.07) is 24.9. The van der Waals surface area contributed by atoms with E-state index in [1.807, 2.05) is 53.4 Å². The van der Waals surface area contributed by atoms with Crippen molar-refractivity contribution in [3.63, 3.8) is 0 Å². The van der Waals surface area contributed by atoms with Gasteiger partial charge in [-0.2, -0.15) is 0 Å². The average molecular weight is 664 g/mol. The van der Waals surface area contributed by atoms with Crippen LogP contribution in [0.25, 0.3) is 0 Å². The van der Waals surface area contributed by atoms with E-state index in [4.69, 9.17) is 19.1 Å². The van der Waals surface area contributed by atoms with Crippen LogP contribution >= 0.6 is 0 Å². The van der Waals surface area contributed by atoms with Gasteiger partial charge >= 0.3 is 17.9 Å². The van der Waals surface area contributed by atoms with Crippen molar-refractivity contribution in [3.05, 3.63) is 113 Å². The molecule has 0 amide bonds. The third kappa shape index (κ3) is 7.55. The Bertz CT molecular complexity index is 1940. The number of aliphatic hydroxyl groups is 1.